The molecule has 198 valence electrons. The van der Waals surface area contributed by atoms with E-state index in [-0.39, 0.29) is 23.8 Å². The smallest absolute Gasteiger partial charge is 0.276 e. The Bertz CT molecular complexity index is 1370. The highest BCUT2D eigenvalue weighted by molar-refractivity contribution is 9.10. The lowest BCUT2D eigenvalue weighted by Gasteiger charge is -2.33. The van der Waals surface area contributed by atoms with Crippen molar-refractivity contribution in [3.8, 4) is 11.4 Å². The first-order chi connectivity index (χ1) is 18.3. The molecule has 0 spiro atoms. The zero-order chi connectivity index (χ0) is 26.8. The molecule has 2 heterocycles. The van der Waals surface area contributed by atoms with Gasteiger partial charge in [0.15, 0.2) is 5.69 Å². The molecule has 1 saturated heterocycles. The van der Waals surface area contributed by atoms with Gasteiger partial charge in [0.1, 0.15) is 11.6 Å². The van der Waals surface area contributed by atoms with Crippen molar-refractivity contribution in [1.82, 2.24) is 25.2 Å². The lowest BCUT2D eigenvalue weighted by Crippen LogP contribution is -2.45. The van der Waals surface area contributed by atoms with Crippen LogP contribution in [-0.2, 0) is 4.79 Å². The van der Waals surface area contributed by atoms with Gasteiger partial charge in [-0.3, -0.25) is 9.59 Å². The fraction of sp³-hybridized carbons (Fsp3) is 0.357. The summed E-state index contributed by atoms with van der Waals surface area (Å²) in [5, 5.41) is 11.6. The van der Waals surface area contributed by atoms with Crippen LogP contribution in [0.3, 0.4) is 0 Å². The zero-order valence-corrected chi connectivity index (χ0v) is 22.8. The maximum absolute atomic E-state index is 13.8. The van der Waals surface area contributed by atoms with Gasteiger partial charge in [-0.15, -0.1) is 5.10 Å². The lowest BCUT2D eigenvalue weighted by atomic mass is 9.78. The molecule has 1 aliphatic heterocycles. The molecule has 10 heteroatoms. The first-order valence-corrected chi connectivity index (χ1v) is 13.4. The van der Waals surface area contributed by atoms with Crippen LogP contribution in [0.15, 0.2) is 53.0 Å². The number of likely N-dealkylation sites (tertiary alicyclic amines) is 1. The molecule has 0 unspecified atom stereocenters. The Balaban J connectivity index is 1.25. The largest absolute Gasteiger partial charge is 0.497 e. The summed E-state index contributed by atoms with van der Waals surface area (Å²) >= 11 is 3.43. The number of methoxy groups -OCH3 is 1. The van der Waals surface area contributed by atoms with Crippen LogP contribution < -0.4 is 10.1 Å². The maximum atomic E-state index is 13.8. The first-order valence-electron chi connectivity index (χ1n) is 12.6. The van der Waals surface area contributed by atoms with Crippen molar-refractivity contribution in [3.63, 3.8) is 0 Å². The van der Waals surface area contributed by atoms with Gasteiger partial charge < -0.3 is 15.0 Å². The summed E-state index contributed by atoms with van der Waals surface area (Å²) in [5.74, 6) is 0.0741. The number of hydrogen-bond donors (Lipinski definition) is 1. The monoisotopic (exact) mass is 581 g/mol. The number of carbonyl (C=O) groups is 2. The summed E-state index contributed by atoms with van der Waals surface area (Å²) in [7, 11) is 1.47. The third-order valence-electron chi connectivity index (χ3n) is 7.44. The van der Waals surface area contributed by atoms with E-state index in [0.717, 1.165) is 29.4 Å². The van der Waals surface area contributed by atoms with E-state index in [4.69, 9.17) is 4.74 Å². The number of rotatable bonds is 6. The molecule has 3 aromatic rings. The number of halogens is 2. The average Bonchev–Trinajstić information content (AvgIpc) is 3.52. The van der Waals surface area contributed by atoms with E-state index in [9.17, 15) is 14.0 Å². The fourth-order valence-corrected chi connectivity index (χ4v) is 5.79. The molecule has 2 aliphatic rings. The van der Waals surface area contributed by atoms with E-state index in [0.29, 0.717) is 41.7 Å². The molecule has 1 aliphatic carbocycles. The van der Waals surface area contributed by atoms with Crippen LogP contribution in [0, 0.1) is 24.6 Å². The Labute approximate surface area is 229 Å². The van der Waals surface area contributed by atoms with Crippen molar-refractivity contribution >= 4 is 33.8 Å². The van der Waals surface area contributed by atoms with Crippen LogP contribution in [0.2, 0.25) is 0 Å². The molecule has 5 rings (SSSR count). The minimum Gasteiger partial charge on any atom is -0.497 e. The van der Waals surface area contributed by atoms with E-state index < -0.39 is 5.82 Å². The number of amides is 2. The first kappa shape index (κ1) is 26.1. The lowest BCUT2D eigenvalue weighted by molar-refractivity contribution is -0.117. The van der Waals surface area contributed by atoms with Crippen LogP contribution in [0.25, 0.3) is 11.8 Å². The fourth-order valence-electron chi connectivity index (χ4n) is 5.52. The molecule has 1 N–H and O–H groups in total. The van der Waals surface area contributed by atoms with Crippen LogP contribution in [-0.4, -0.2) is 57.9 Å². The number of fused-ring (bicyclic) bond motifs is 1. The summed E-state index contributed by atoms with van der Waals surface area (Å²) in [6, 6.07) is 11.9. The molecular formula is C28H29BrFN5O3. The normalized spacial score (nSPS) is 20.9. The molecule has 2 amide bonds. The van der Waals surface area contributed by atoms with E-state index in [1.165, 1.54) is 25.3 Å². The standard InChI is InChI=1S/C28H29BrFN5O3/c1-17-27(32-33-35(17)22-9-7-20(29)8-10-22)28(37)34-15-19-4-3-5-25(24(19)16-34)31-26(36)11-6-18-12-21(30)14-23(13-18)38-2/h6-14,19,24-25H,3-5,15-16H2,1-2H3,(H,31,36)/b11-6+/t19-,24-,25+/m1/s1. The van der Waals surface area contributed by atoms with Gasteiger partial charge in [-0.25, -0.2) is 9.07 Å². The Hall–Kier alpha value is -3.53. The molecule has 2 fully saturated rings. The average molecular weight is 582 g/mol. The van der Waals surface area contributed by atoms with Gasteiger partial charge in [-0.1, -0.05) is 27.6 Å². The number of ether oxygens (including phenoxy) is 1. The Morgan fingerprint density at radius 2 is 1.95 bits per heavy atom. The molecule has 0 bridgehead atoms. The Kier molecular flexibility index (Phi) is 7.60. The molecule has 38 heavy (non-hydrogen) atoms. The SMILES string of the molecule is COc1cc(F)cc(/C=C/C(=O)N[C@H]2CCC[C@@H]3CN(C(=O)c4nnn(-c5ccc(Br)cc5)c4C)C[C@H]32)c1. The highest BCUT2D eigenvalue weighted by Crippen LogP contribution is 2.37. The van der Waals surface area contributed by atoms with E-state index in [1.807, 2.05) is 36.1 Å². The van der Waals surface area contributed by atoms with Crippen LogP contribution in [0.5, 0.6) is 5.75 Å². The number of carbonyl (C=O) groups excluding carboxylic acids is 2. The summed E-state index contributed by atoms with van der Waals surface area (Å²) in [6.07, 6.45) is 5.85. The third-order valence-corrected chi connectivity index (χ3v) is 7.97. The quantitative estimate of drug-likeness (QED) is 0.431. The molecule has 1 saturated carbocycles. The van der Waals surface area contributed by atoms with Crippen molar-refractivity contribution < 1.29 is 18.7 Å². The van der Waals surface area contributed by atoms with Crippen molar-refractivity contribution in [2.45, 2.75) is 32.2 Å². The predicted molar refractivity (Wildman–Crippen MR) is 144 cm³/mol. The second-order valence-corrected chi connectivity index (χ2v) is 10.8. The maximum Gasteiger partial charge on any atom is 0.276 e. The predicted octanol–water partition coefficient (Wildman–Crippen LogP) is 4.56. The van der Waals surface area contributed by atoms with Crippen molar-refractivity contribution in [3.05, 3.63) is 75.8 Å². The third kappa shape index (κ3) is 5.50. The minimum atomic E-state index is -0.428. The second kappa shape index (κ2) is 11.1. The van der Waals surface area contributed by atoms with Crippen molar-refractivity contribution in [2.75, 3.05) is 20.2 Å². The van der Waals surface area contributed by atoms with Gasteiger partial charge in [0, 0.05) is 41.7 Å². The van der Waals surface area contributed by atoms with Crippen molar-refractivity contribution in [2.24, 2.45) is 11.8 Å². The van der Waals surface area contributed by atoms with Gasteiger partial charge in [0.2, 0.25) is 5.91 Å². The zero-order valence-electron chi connectivity index (χ0n) is 21.2. The highest BCUT2D eigenvalue weighted by atomic mass is 79.9. The molecule has 2 aromatic carbocycles. The van der Waals surface area contributed by atoms with E-state index >= 15 is 0 Å². The highest BCUT2D eigenvalue weighted by Gasteiger charge is 2.43. The number of benzene rings is 2. The summed E-state index contributed by atoms with van der Waals surface area (Å²) in [4.78, 5) is 28.0. The van der Waals surface area contributed by atoms with E-state index in [2.05, 4.69) is 31.6 Å². The van der Waals surface area contributed by atoms with Crippen molar-refractivity contribution in [1.29, 1.82) is 0 Å². The van der Waals surface area contributed by atoms with Gasteiger partial charge in [0.25, 0.3) is 5.91 Å². The summed E-state index contributed by atoms with van der Waals surface area (Å²) in [6.45, 7) is 3.05. The Morgan fingerprint density at radius 1 is 1.16 bits per heavy atom. The van der Waals surface area contributed by atoms with Gasteiger partial charge >= 0.3 is 0 Å². The minimum absolute atomic E-state index is 0.0368. The van der Waals surface area contributed by atoms with Crippen LogP contribution in [0.1, 0.15) is 41.0 Å². The summed E-state index contributed by atoms with van der Waals surface area (Å²) in [5.41, 5.74) is 2.42. The molecule has 1 aromatic heterocycles. The van der Waals surface area contributed by atoms with Crippen LogP contribution >= 0.6 is 15.9 Å². The van der Waals surface area contributed by atoms with Gasteiger partial charge in [-0.05, 0) is 73.7 Å². The second-order valence-electron chi connectivity index (χ2n) is 9.85. The van der Waals surface area contributed by atoms with E-state index in [1.54, 1.807) is 16.8 Å². The van der Waals surface area contributed by atoms with Gasteiger partial charge in [-0.2, -0.15) is 0 Å². The molecule has 8 nitrogen and oxygen atoms in total. The number of aromatic nitrogens is 3. The summed E-state index contributed by atoms with van der Waals surface area (Å²) < 4.78 is 21.5. The topological polar surface area (TPSA) is 89.3 Å². The number of hydrogen-bond acceptors (Lipinski definition) is 5. The molecule has 0 radical (unpaired) electrons. The molecular weight excluding hydrogens is 553 g/mol. The number of nitrogens with one attached hydrogen (secondary N) is 1. The Morgan fingerprint density at radius 3 is 2.71 bits per heavy atom. The number of nitrogens with zero attached hydrogens (tertiary/aromatic N) is 4. The molecule has 3 atom stereocenters. The van der Waals surface area contributed by atoms with Crippen LogP contribution in [0.4, 0.5) is 4.39 Å². The van der Waals surface area contributed by atoms with Gasteiger partial charge in [0.05, 0.1) is 18.5 Å².